The minimum atomic E-state index is 0.368. The molecule has 2 rings (SSSR count). The highest BCUT2D eigenvalue weighted by atomic mass is 16.1. The normalized spacial score (nSPS) is 32.6. The number of carbonyl (C=O) groups excluding carboxylic acids is 1. The first kappa shape index (κ1) is 12.8. The molecule has 0 amide bonds. The lowest BCUT2D eigenvalue weighted by Gasteiger charge is -2.35. The van der Waals surface area contributed by atoms with Crippen LogP contribution in [0.1, 0.15) is 51.4 Å². The van der Waals surface area contributed by atoms with Crippen molar-refractivity contribution < 1.29 is 4.79 Å². The summed E-state index contributed by atoms with van der Waals surface area (Å²) in [4.78, 5) is 14.6. The average molecular weight is 235 g/mol. The van der Waals surface area contributed by atoms with Crippen LogP contribution in [0.15, 0.2) is 12.7 Å². The van der Waals surface area contributed by atoms with Crippen molar-refractivity contribution in [1.82, 2.24) is 4.90 Å². The van der Waals surface area contributed by atoms with Crippen molar-refractivity contribution in [3.05, 3.63) is 12.7 Å². The Balaban J connectivity index is 1.75. The van der Waals surface area contributed by atoms with E-state index in [0.717, 1.165) is 38.5 Å². The molecule has 0 N–H and O–H groups in total. The smallest absolute Gasteiger partial charge is 0.136 e. The molecule has 2 unspecified atom stereocenters. The van der Waals surface area contributed by atoms with E-state index in [-0.39, 0.29) is 0 Å². The van der Waals surface area contributed by atoms with Crippen LogP contribution in [0.5, 0.6) is 0 Å². The number of rotatable bonds is 6. The number of nitrogens with zero attached hydrogens (tertiary/aromatic N) is 1. The number of unbranched alkanes of at least 4 members (excludes halogenated alkanes) is 2. The van der Waals surface area contributed by atoms with Crippen LogP contribution < -0.4 is 0 Å². The van der Waals surface area contributed by atoms with Crippen LogP contribution in [0.4, 0.5) is 0 Å². The van der Waals surface area contributed by atoms with Gasteiger partial charge in [-0.2, -0.15) is 0 Å². The van der Waals surface area contributed by atoms with Gasteiger partial charge in [-0.05, 0) is 52.0 Å². The van der Waals surface area contributed by atoms with Crippen molar-refractivity contribution >= 4 is 5.78 Å². The molecule has 2 aliphatic rings. The van der Waals surface area contributed by atoms with Gasteiger partial charge < -0.3 is 4.90 Å². The fraction of sp³-hybridized carbons (Fsp3) is 0.800. The number of allylic oxidation sites excluding steroid dienone is 1. The van der Waals surface area contributed by atoms with E-state index < -0.39 is 0 Å². The highest BCUT2D eigenvalue weighted by Gasteiger charge is 2.40. The summed E-state index contributed by atoms with van der Waals surface area (Å²) in [5, 5.41) is 0. The van der Waals surface area contributed by atoms with Crippen LogP contribution in [-0.4, -0.2) is 29.8 Å². The summed E-state index contributed by atoms with van der Waals surface area (Å²) in [5.41, 5.74) is 0. The van der Waals surface area contributed by atoms with E-state index in [1.165, 1.54) is 12.8 Å². The topological polar surface area (TPSA) is 20.3 Å². The van der Waals surface area contributed by atoms with Crippen LogP contribution in [0.3, 0.4) is 0 Å². The highest BCUT2D eigenvalue weighted by molar-refractivity contribution is 5.81. The second kappa shape index (κ2) is 5.81. The molecule has 2 heteroatoms. The molecule has 0 aromatic rings. The second-order valence-corrected chi connectivity index (χ2v) is 5.72. The van der Waals surface area contributed by atoms with Crippen molar-refractivity contribution in [2.24, 2.45) is 5.92 Å². The number of hydrogen-bond donors (Lipinski definition) is 0. The Morgan fingerprint density at radius 1 is 1.29 bits per heavy atom. The minimum Gasteiger partial charge on any atom is -0.300 e. The maximum Gasteiger partial charge on any atom is 0.136 e. The Kier molecular flexibility index (Phi) is 4.38. The standard InChI is InChI=1S/C15H25NO/c1-3-4-5-6-7-15(17)12-10-13-8-9-14(11-12)16(13)2/h3,12-14H,1,4-11H2,2H3. The van der Waals surface area contributed by atoms with E-state index in [1.54, 1.807) is 0 Å². The van der Waals surface area contributed by atoms with Gasteiger partial charge in [0.25, 0.3) is 0 Å². The molecule has 2 aliphatic heterocycles. The van der Waals surface area contributed by atoms with Crippen LogP contribution in [0, 0.1) is 5.92 Å². The number of piperidine rings is 1. The van der Waals surface area contributed by atoms with E-state index in [4.69, 9.17) is 0 Å². The van der Waals surface area contributed by atoms with E-state index in [0.29, 0.717) is 23.8 Å². The SMILES string of the molecule is C=CCCCCC(=O)C1CC2CCC(C1)N2C. The molecule has 2 fully saturated rings. The molecule has 2 saturated heterocycles. The predicted octanol–water partition coefficient (Wildman–Crippen LogP) is 3.17. The molecule has 2 atom stereocenters. The fourth-order valence-electron chi connectivity index (χ4n) is 3.47. The van der Waals surface area contributed by atoms with Gasteiger partial charge in [0, 0.05) is 24.4 Å². The Hall–Kier alpha value is -0.630. The first-order chi connectivity index (χ1) is 8.22. The zero-order valence-electron chi connectivity index (χ0n) is 11.0. The van der Waals surface area contributed by atoms with Crippen molar-refractivity contribution in [2.75, 3.05) is 7.05 Å². The molecule has 96 valence electrons. The molecule has 0 aliphatic carbocycles. The van der Waals surface area contributed by atoms with Crippen LogP contribution in [-0.2, 0) is 4.79 Å². The summed E-state index contributed by atoms with van der Waals surface area (Å²) in [6, 6.07) is 1.38. The lowest BCUT2D eigenvalue weighted by molar-refractivity contribution is -0.125. The van der Waals surface area contributed by atoms with Gasteiger partial charge in [0.15, 0.2) is 0 Å². The van der Waals surface area contributed by atoms with Gasteiger partial charge in [0.2, 0.25) is 0 Å². The quantitative estimate of drug-likeness (QED) is 0.520. The summed E-state index contributed by atoms with van der Waals surface area (Å²) in [5.74, 6) is 0.895. The first-order valence-electron chi connectivity index (χ1n) is 7.08. The molecule has 0 saturated carbocycles. The molecular formula is C15H25NO. The average Bonchev–Trinajstić information content (AvgIpc) is 2.57. The summed E-state index contributed by atoms with van der Waals surface area (Å²) in [6.07, 6.45) is 10.8. The predicted molar refractivity (Wildman–Crippen MR) is 71.0 cm³/mol. The number of hydrogen-bond acceptors (Lipinski definition) is 2. The lowest BCUT2D eigenvalue weighted by atomic mass is 9.86. The van der Waals surface area contributed by atoms with Crippen molar-refractivity contribution in [2.45, 2.75) is 63.5 Å². The van der Waals surface area contributed by atoms with Gasteiger partial charge in [0.05, 0.1) is 0 Å². The van der Waals surface area contributed by atoms with Gasteiger partial charge in [-0.1, -0.05) is 6.08 Å². The maximum absolute atomic E-state index is 12.1. The zero-order valence-corrected chi connectivity index (χ0v) is 11.0. The van der Waals surface area contributed by atoms with Crippen molar-refractivity contribution in [3.8, 4) is 0 Å². The Labute approximate surface area is 105 Å². The minimum absolute atomic E-state index is 0.368. The third-order valence-electron chi connectivity index (χ3n) is 4.64. The molecular weight excluding hydrogens is 210 g/mol. The highest BCUT2D eigenvalue weighted by Crippen LogP contribution is 2.38. The van der Waals surface area contributed by atoms with E-state index in [2.05, 4.69) is 18.5 Å². The van der Waals surface area contributed by atoms with Gasteiger partial charge in [0.1, 0.15) is 5.78 Å². The Morgan fingerprint density at radius 3 is 2.53 bits per heavy atom. The van der Waals surface area contributed by atoms with Gasteiger partial charge in [-0.15, -0.1) is 6.58 Å². The van der Waals surface area contributed by atoms with E-state index in [9.17, 15) is 4.79 Å². The molecule has 17 heavy (non-hydrogen) atoms. The Bertz CT molecular complexity index is 273. The first-order valence-corrected chi connectivity index (χ1v) is 7.08. The molecule has 0 aromatic carbocycles. The summed E-state index contributed by atoms with van der Waals surface area (Å²) < 4.78 is 0. The van der Waals surface area contributed by atoms with Crippen molar-refractivity contribution in [1.29, 1.82) is 0 Å². The molecule has 2 heterocycles. The van der Waals surface area contributed by atoms with Gasteiger partial charge >= 0.3 is 0 Å². The number of carbonyl (C=O) groups is 1. The van der Waals surface area contributed by atoms with Crippen LogP contribution >= 0.6 is 0 Å². The number of fused-ring (bicyclic) bond motifs is 2. The fourth-order valence-corrected chi connectivity index (χ4v) is 3.47. The number of Topliss-reactive ketones (excluding diaryl/α,β-unsaturated/α-hetero) is 1. The second-order valence-electron chi connectivity index (χ2n) is 5.72. The Morgan fingerprint density at radius 2 is 1.94 bits per heavy atom. The summed E-state index contributed by atoms with van der Waals surface area (Å²) in [7, 11) is 2.23. The maximum atomic E-state index is 12.1. The molecule has 0 aromatic heterocycles. The molecule has 2 bridgehead atoms. The van der Waals surface area contributed by atoms with E-state index in [1.807, 2.05) is 6.08 Å². The van der Waals surface area contributed by atoms with Crippen LogP contribution in [0.2, 0.25) is 0 Å². The molecule has 0 spiro atoms. The van der Waals surface area contributed by atoms with E-state index >= 15 is 0 Å². The van der Waals surface area contributed by atoms with Gasteiger partial charge in [-0.3, -0.25) is 4.79 Å². The van der Waals surface area contributed by atoms with Gasteiger partial charge in [-0.25, -0.2) is 0 Å². The monoisotopic (exact) mass is 235 g/mol. The third-order valence-corrected chi connectivity index (χ3v) is 4.64. The summed E-state index contributed by atoms with van der Waals surface area (Å²) >= 11 is 0. The lowest BCUT2D eigenvalue weighted by Crippen LogP contribution is -2.42. The summed E-state index contributed by atoms with van der Waals surface area (Å²) in [6.45, 7) is 3.71. The largest absolute Gasteiger partial charge is 0.300 e. The zero-order chi connectivity index (χ0) is 12.3. The third kappa shape index (κ3) is 2.98. The van der Waals surface area contributed by atoms with Crippen molar-refractivity contribution in [3.63, 3.8) is 0 Å². The molecule has 0 radical (unpaired) electrons. The van der Waals surface area contributed by atoms with Crippen LogP contribution in [0.25, 0.3) is 0 Å². The number of ketones is 1. The molecule has 2 nitrogen and oxygen atoms in total.